The van der Waals surface area contributed by atoms with Gasteiger partial charge in [0.1, 0.15) is 5.78 Å². The van der Waals surface area contributed by atoms with E-state index in [9.17, 15) is 9.59 Å². The number of unbranched alkanes of at least 4 members (excludes halogenated alkanes) is 1. The van der Waals surface area contributed by atoms with Crippen LogP contribution >= 0.6 is 0 Å². The molecule has 0 unspecified atom stereocenters. The second-order valence-electron chi connectivity index (χ2n) is 4.60. The molecule has 3 nitrogen and oxygen atoms in total. The van der Waals surface area contributed by atoms with Gasteiger partial charge in [0.2, 0.25) is 5.91 Å². The molecule has 0 aliphatic heterocycles. The van der Waals surface area contributed by atoms with Gasteiger partial charge in [-0.2, -0.15) is 0 Å². The standard InChI is InChI=1S/C12H23NO2/c1-5-11(15)13-9-7-6-8-12(3,4)10(2)14/h5-9H2,1-4H3,(H,13,15). The van der Waals surface area contributed by atoms with Gasteiger partial charge in [0.25, 0.3) is 0 Å². The average molecular weight is 213 g/mol. The number of carbonyl (C=O) groups excluding carboxylic acids is 2. The Bertz CT molecular complexity index is 222. The van der Waals surface area contributed by atoms with Crippen molar-refractivity contribution >= 4 is 11.7 Å². The van der Waals surface area contributed by atoms with Crippen molar-refractivity contribution in [2.75, 3.05) is 6.54 Å². The highest BCUT2D eigenvalue weighted by molar-refractivity contribution is 5.81. The molecule has 0 aromatic heterocycles. The molecule has 0 saturated carbocycles. The lowest BCUT2D eigenvalue weighted by atomic mass is 9.83. The molecular weight excluding hydrogens is 190 g/mol. The minimum Gasteiger partial charge on any atom is -0.356 e. The third kappa shape index (κ3) is 6.26. The number of amides is 1. The molecule has 0 aliphatic rings. The summed E-state index contributed by atoms with van der Waals surface area (Å²) in [7, 11) is 0. The fraction of sp³-hybridized carbons (Fsp3) is 0.833. The highest BCUT2D eigenvalue weighted by atomic mass is 16.1. The molecule has 0 aromatic carbocycles. The van der Waals surface area contributed by atoms with E-state index < -0.39 is 0 Å². The fourth-order valence-corrected chi connectivity index (χ4v) is 1.22. The van der Waals surface area contributed by atoms with Crippen LogP contribution in [-0.4, -0.2) is 18.2 Å². The predicted octanol–water partition coefficient (Wildman–Crippen LogP) is 2.30. The van der Waals surface area contributed by atoms with E-state index in [0.717, 1.165) is 25.8 Å². The normalized spacial score (nSPS) is 11.2. The third-order valence-corrected chi connectivity index (χ3v) is 2.82. The maximum atomic E-state index is 11.2. The van der Waals surface area contributed by atoms with Crippen molar-refractivity contribution in [3.05, 3.63) is 0 Å². The summed E-state index contributed by atoms with van der Waals surface area (Å²) in [5, 5.41) is 2.82. The minimum absolute atomic E-state index is 0.0980. The first-order valence-corrected chi connectivity index (χ1v) is 5.68. The van der Waals surface area contributed by atoms with Crippen LogP contribution in [0.5, 0.6) is 0 Å². The lowest BCUT2D eigenvalue weighted by molar-refractivity contribution is -0.125. The van der Waals surface area contributed by atoms with Crippen LogP contribution in [0, 0.1) is 5.41 Å². The number of hydrogen-bond donors (Lipinski definition) is 1. The zero-order chi connectivity index (χ0) is 11.9. The van der Waals surface area contributed by atoms with Crippen molar-refractivity contribution in [1.29, 1.82) is 0 Å². The lowest BCUT2D eigenvalue weighted by Crippen LogP contribution is -2.24. The largest absolute Gasteiger partial charge is 0.356 e. The number of hydrogen-bond acceptors (Lipinski definition) is 2. The Balaban J connectivity index is 3.55. The Morgan fingerprint density at radius 2 is 1.80 bits per heavy atom. The monoisotopic (exact) mass is 213 g/mol. The predicted molar refractivity (Wildman–Crippen MR) is 61.6 cm³/mol. The number of Topliss-reactive ketones (excluding diaryl/α,β-unsaturated/α-hetero) is 1. The van der Waals surface area contributed by atoms with Gasteiger partial charge >= 0.3 is 0 Å². The van der Waals surface area contributed by atoms with E-state index in [2.05, 4.69) is 5.32 Å². The van der Waals surface area contributed by atoms with Gasteiger partial charge in [-0.25, -0.2) is 0 Å². The van der Waals surface area contributed by atoms with Crippen LogP contribution in [0.4, 0.5) is 0 Å². The summed E-state index contributed by atoms with van der Waals surface area (Å²) in [5.41, 5.74) is -0.214. The van der Waals surface area contributed by atoms with Crippen LogP contribution in [0.1, 0.15) is 53.4 Å². The molecule has 0 aliphatic carbocycles. The van der Waals surface area contributed by atoms with Crippen molar-refractivity contribution in [2.24, 2.45) is 5.41 Å². The molecule has 0 fully saturated rings. The van der Waals surface area contributed by atoms with Crippen molar-refractivity contribution in [3.8, 4) is 0 Å². The van der Waals surface area contributed by atoms with Gasteiger partial charge in [0, 0.05) is 18.4 Å². The van der Waals surface area contributed by atoms with Crippen LogP contribution in [-0.2, 0) is 9.59 Å². The Morgan fingerprint density at radius 1 is 1.20 bits per heavy atom. The average Bonchev–Trinajstić information content (AvgIpc) is 2.16. The first-order valence-electron chi connectivity index (χ1n) is 5.68. The first kappa shape index (κ1) is 14.1. The highest BCUT2D eigenvalue weighted by Gasteiger charge is 2.22. The molecule has 15 heavy (non-hydrogen) atoms. The summed E-state index contributed by atoms with van der Waals surface area (Å²) in [6.07, 6.45) is 3.36. The van der Waals surface area contributed by atoms with Crippen molar-refractivity contribution < 1.29 is 9.59 Å². The Hall–Kier alpha value is -0.860. The van der Waals surface area contributed by atoms with Gasteiger partial charge in [0.15, 0.2) is 0 Å². The van der Waals surface area contributed by atoms with Crippen LogP contribution in [0.2, 0.25) is 0 Å². The van der Waals surface area contributed by atoms with E-state index in [0.29, 0.717) is 6.42 Å². The third-order valence-electron chi connectivity index (χ3n) is 2.82. The van der Waals surface area contributed by atoms with Crippen molar-refractivity contribution in [2.45, 2.75) is 53.4 Å². The first-order chi connectivity index (χ1) is 6.90. The topological polar surface area (TPSA) is 46.2 Å². The van der Waals surface area contributed by atoms with Crippen LogP contribution in [0.15, 0.2) is 0 Å². The summed E-state index contributed by atoms with van der Waals surface area (Å²) in [5.74, 6) is 0.334. The lowest BCUT2D eigenvalue weighted by Gasteiger charge is -2.20. The Labute approximate surface area is 92.6 Å². The molecular formula is C12H23NO2. The van der Waals surface area contributed by atoms with E-state index in [1.807, 2.05) is 20.8 Å². The number of carbonyl (C=O) groups is 2. The zero-order valence-electron chi connectivity index (χ0n) is 10.4. The minimum atomic E-state index is -0.214. The number of rotatable bonds is 7. The van der Waals surface area contributed by atoms with Gasteiger partial charge in [-0.3, -0.25) is 9.59 Å². The highest BCUT2D eigenvalue weighted by Crippen LogP contribution is 2.23. The van der Waals surface area contributed by atoms with E-state index in [1.165, 1.54) is 0 Å². The van der Waals surface area contributed by atoms with Gasteiger partial charge < -0.3 is 5.32 Å². The summed E-state index contributed by atoms with van der Waals surface area (Å²) in [4.78, 5) is 22.1. The van der Waals surface area contributed by atoms with E-state index in [4.69, 9.17) is 0 Å². The van der Waals surface area contributed by atoms with Crippen LogP contribution in [0.3, 0.4) is 0 Å². The maximum absolute atomic E-state index is 11.2. The quantitative estimate of drug-likeness (QED) is 0.660. The van der Waals surface area contributed by atoms with Gasteiger partial charge in [-0.05, 0) is 19.8 Å². The second kappa shape index (κ2) is 6.59. The molecule has 0 aromatic rings. The van der Waals surface area contributed by atoms with E-state index in [-0.39, 0.29) is 17.1 Å². The summed E-state index contributed by atoms with van der Waals surface area (Å²) in [6, 6.07) is 0. The van der Waals surface area contributed by atoms with Gasteiger partial charge in [0.05, 0.1) is 0 Å². The van der Waals surface area contributed by atoms with Crippen molar-refractivity contribution in [1.82, 2.24) is 5.32 Å². The summed E-state index contributed by atoms with van der Waals surface area (Å²) >= 11 is 0. The Morgan fingerprint density at radius 3 is 2.27 bits per heavy atom. The maximum Gasteiger partial charge on any atom is 0.219 e. The molecule has 0 atom stereocenters. The molecule has 0 saturated heterocycles. The van der Waals surface area contributed by atoms with Gasteiger partial charge in [-0.15, -0.1) is 0 Å². The van der Waals surface area contributed by atoms with Crippen LogP contribution in [0.25, 0.3) is 0 Å². The number of ketones is 1. The SMILES string of the molecule is CCC(=O)NCCCCC(C)(C)C(C)=O. The summed E-state index contributed by atoms with van der Waals surface area (Å²) < 4.78 is 0. The molecule has 0 radical (unpaired) electrons. The van der Waals surface area contributed by atoms with E-state index in [1.54, 1.807) is 6.92 Å². The molecule has 88 valence electrons. The molecule has 0 spiro atoms. The molecule has 0 heterocycles. The summed E-state index contributed by atoms with van der Waals surface area (Å²) in [6.45, 7) is 8.15. The molecule has 0 bridgehead atoms. The van der Waals surface area contributed by atoms with E-state index >= 15 is 0 Å². The van der Waals surface area contributed by atoms with Gasteiger partial charge in [-0.1, -0.05) is 27.2 Å². The smallest absolute Gasteiger partial charge is 0.219 e. The molecule has 1 amide bonds. The molecule has 1 N–H and O–H groups in total. The van der Waals surface area contributed by atoms with Crippen LogP contribution < -0.4 is 5.32 Å². The Kier molecular flexibility index (Phi) is 6.21. The molecule has 0 rings (SSSR count). The number of nitrogens with one attached hydrogen (secondary N) is 1. The fourth-order valence-electron chi connectivity index (χ4n) is 1.22. The second-order valence-corrected chi connectivity index (χ2v) is 4.60. The van der Waals surface area contributed by atoms with Crippen molar-refractivity contribution in [3.63, 3.8) is 0 Å². The molecule has 3 heteroatoms. The zero-order valence-corrected chi connectivity index (χ0v) is 10.4.